The number of halogens is 3. The molecule has 0 atom stereocenters. The maximum atomic E-state index is 11.7. The van der Waals surface area contributed by atoms with Crippen molar-refractivity contribution in [3.63, 3.8) is 0 Å². The van der Waals surface area contributed by atoms with Gasteiger partial charge in [-0.15, -0.1) is 0 Å². The Bertz CT molecular complexity index is 267. The smallest absolute Gasteiger partial charge is 0.387 e. The second-order valence-electron chi connectivity index (χ2n) is 2.38. The number of hydrogen-bond donors (Lipinski definition) is 2. The maximum Gasteiger partial charge on any atom is 0.484 e. The van der Waals surface area contributed by atoms with Gasteiger partial charge < -0.3 is 5.32 Å². The second kappa shape index (κ2) is 3.51. The number of carbonyl (C=O) groups is 1. The summed E-state index contributed by atoms with van der Waals surface area (Å²) < 4.78 is 35.0. The van der Waals surface area contributed by atoms with Crippen LogP contribution in [0.3, 0.4) is 0 Å². The summed E-state index contributed by atoms with van der Waals surface area (Å²) in [5.74, 6) is -1.12. The average Bonchev–Trinajstić information content (AvgIpc) is 2.03. The number of carbonyl (C=O) groups excluding carboxylic acids is 1. The van der Waals surface area contributed by atoms with Gasteiger partial charge in [0.2, 0.25) is 0 Å². The summed E-state index contributed by atoms with van der Waals surface area (Å²) in [6.07, 6.45) is -0.324. The van der Waals surface area contributed by atoms with Gasteiger partial charge in [0.25, 0.3) is 5.91 Å². The maximum absolute atomic E-state index is 11.7. The van der Waals surface area contributed by atoms with Crippen molar-refractivity contribution in [3.8, 4) is 0 Å². The summed E-state index contributed by atoms with van der Waals surface area (Å²) in [7, 11) is 0. The molecule has 1 heterocycles. The van der Waals surface area contributed by atoms with Gasteiger partial charge in [-0.3, -0.25) is 10.1 Å². The summed E-state index contributed by atoms with van der Waals surface area (Å²) in [6.45, 7) is 0.110. The standard InChI is InChI=1S/C7H7F3N2O/c8-7(9,10)12-6(13)5-2-1-3-11-4-5/h1-3,11H,4H2,(H,12,13). The molecule has 0 radical (unpaired) electrons. The minimum absolute atomic E-state index is 0.0554. The summed E-state index contributed by atoms with van der Waals surface area (Å²) in [4.78, 5) is 10.8. The number of nitrogens with one attached hydrogen (secondary N) is 2. The average molecular weight is 192 g/mol. The molecule has 0 spiro atoms. The van der Waals surface area contributed by atoms with Crippen molar-refractivity contribution in [2.75, 3.05) is 6.54 Å². The van der Waals surface area contributed by atoms with Gasteiger partial charge in [-0.2, -0.15) is 13.2 Å². The number of dihydropyridines is 1. The third kappa shape index (κ3) is 3.18. The molecule has 1 aliphatic rings. The molecule has 0 aliphatic carbocycles. The largest absolute Gasteiger partial charge is 0.484 e. The van der Waals surface area contributed by atoms with E-state index in [1.807, 2.05) is 0 Å². The Labute approximate surface area is 72.3 Å². The molecule has 6 heteroatoms. The molecule has 0 fully saturated rings. The van der Waals surface area contributed by atoms with E-state index in [2.05, 4.69) is 5.32 Å². The van der Waals surface area contributed by atoms with Crippen molar-refractivity contribution >= 4 is 5.91 Å². The van der Waals surface area contributed by atoms with E-state index < -0.39 is 12.2 Å². The number of rotatable bonds is 1. The Balaban J connectivity index is 2.58. The number of alkyl halides is 3. The van der Waals surface area contributed by atoms with Gasteiger partial charge in [-0.25, -0.2) is 0 Å². The first-order valence-corrected chi connectivity index (χ1v) is 3.47. The van der Waals surface area contributed by atoms with Gasteiger partial charge in [0.1, 0.15) is 0 Å². The predicted molar refractivity (Wildman–Crippen MR) is 39.4 cm³/mol. The molecule has 0 saturated carbocycles. The van der Waals surface area contributed by atoms with Crippen LogP contribution in [0, 0.1) is 0 Å². The normalized spacial score (nSPS) is 16.1. The number of amides is 1. The second-order valence-corrected chi connectivity index (χ2v) is 2.38. The van der Waals surface area contributed by atoms with Crippen LogP contribution < -0.4 is 10.6 Å². The number of hydrogen-bond acceptors (Lipinski definition) is 2. The molecule has 3 nitrogen and oxygen atoms in total. The molecule has 2 N–H and O–H groups in total. The zero-order chi connectivity index (χ0) is 9.90. The van der Waals surface area contributed by atoms with Crippen LogP contribution >= 0.6 is 0 Å². The molecular formula is C7H7F3N2O. The lowest BCUT2D eigenvalue weighted by Crippen LogP contribution is -2.40. The van der Waals surface area contributed by atoms with Gasteiger partial charge in [-0.1, -0.05) is 6.08 Å². The minimum atomic E-state index is -4.67. The van der Waals surface area contributed by atoms with E-state index in [0.717, 1.165) is 5.32 Å². The molecule has 0 bridgehead atoms. The van der Waals surface area contributed by atoms with Crippen LogP contribution in [0.2, 0.25) is 0 Å². The van der Waals surface area contributed by atoms with Crippen molar-refractivity contribution in [1.82, 2.24) is 10.6 Å². The van der Waals surface area contributed by atoms with E-state index >= 15 is 0 Å². The molecule has 0 aromatic heterocycles. The number of allylic oxidation sites excluding steroid dienone is 2. The first-order chi connectivity index (χ1) is 5.99. The molecule has 0 aromatic carbocycles. The first kappa shape index (κ1) is 9.63. The Morgan fingerprint density at radius 2 is 2.23 bits per heavy atom. The summed E-state index contributed by atoms with van der Waals surface area (Å²) in [5, 5.41) is 3.53. The van der Waals surface area contributed by atoms with Crippen molar-refractivity contribution < 1.29 is 18.0 Å². The minimum Gasteiger partial charge on any atom is -0.387 e. The quantitative estimate of drug-likeness (QED) is 0.599. The molecule has 0 unspecified atom stereocenters. The van der Waals surface area contributed by atoms with Gasteiger partial charge in [0.05, 0.1) is 0 Å². The topological polar surface area (TPSA) is 41.1 Å². The van der Waals surface area contributed by atoms with Gasteiger partial charge in [-0.05, 0) is 12.3 Å². The zero-order valence-electron chi connectivity index (χ0n) is 6.48. The third-order valence-electron chi connectivity index (χ3n) is 1.35. The highest BCUT2D eigenvalue weighted by Gasteiger charge is 2.31. The lowest BCUT2D eigenvalue weighted by molar-refractivity contribution is -0.167. The predicted octanol–water partition coefficient (Wildman–Crippen LogP) is 0.666. The lowest BCUT2D eigenvalue weighted by atomic mass is 10.2. The van der Waals surface area contributed by atoms with Crippen molar-refractivity contribution in [2.24, 2.45) is 0 Å². The van der Waals surface area contributed by atoms with E-state index in [1.165, 1.54) is 12.2 Å². The Hall–Kier alpha value is -1.46. The van der Waals surface area contributed by atoms with E-state index in [9.17, 15) is 18.0 Å². The molecule has 13 heavy (non-hydrogen) atoms. The molecule has 72 valence electrons. The van der Waals surface area contributed by atoms with E-state index in [4.69, 9.17) is 0 Å². The van der Waals surface area contributed by atoms with Gasteiger partial charge >= 0.3 is 6.30 Å². The summed E-state index contributed by atoms with van der Waals surface area (Å²) in [5.41, 5.74) is 0.0554. The van der Waals surface area contributed by atoms with Crippen molar-refractivity contribution in [1.29, 1.82) is 0 Å². The Morgan fingerprint density at radius 1 is 1.54 bits per heavy atom. The van der Waals surface area contributed by atoms with Crippen molar-refractivity contribution in [3.05, 3.63) is 23.9 Å². The monoisotopic (exact) mass is 192 g/mol. The van der Waals surface area contributed by atoms with Gasteiger partial charge in [0.15, 0.2) is 0 Å². The third-order valence-corrected chi connectivity index (χ3v) is 1.35. The highest BCUT2D eigenvalue weighted by molar-refractivity contribution is 5.94. The lowest BCUT2D eigenvalue weighted by Gasteiger charge is -2.12. The highest BCUT2D eigenvalue weighted by atomic mass is 19.4. The summed E-state index contributed by atoms with van der Waals surface area (Å²) >= 11 is 0. The fourth-order valence-corrected chi connectivity index (χ4v) is 0.825. The zero-order valence-corrected chi connectivity index (χ0v) is 6.48. The SMILES string of the molecule is O=C(NC(F)(F)F)C1=CC=CNC1. The molecule has 1 amide bonds. The van der Waals surface area contributed by atoms with Crippen LogP contribution in [0.5, 0.6) is 0 Å². The van der Waals surface area contributed by atoms with Crippen LogP contribution in [0.4, 0.5) is 13.2 Å². The summed E-state index contributed by atoms with van der Waals surface area (Å²) in [6, 6.07) is 0. The first-order valence-electron chi connectivity index (χ1n) is 3.47. The molecule has 1 aliphatic heterocycles. The van der Waals surface area contributed by atoms with Crippen LogP contribution in [-0.4, -0.2) is 18.8 Å². The van der Waals surface area contributed by atoms with Crippen LogP contribution in [0.15, 0.2) is 23.9 Å². The molecule has 0 saturated heterocycles. The Kier molecular flexibility index (Phi) is 2.60. The van der Waals surface area contributed by atoms with Gasteiger partial charge in [0, 0.05) is 12.1 Å². The highest BCUT2D eigenvalue weighted by Crippen LogP contribution is 2.11. The fraction of sp³-hybridized carbons (Fsp3) is 0.286. The van der Waals surface area contributed by atoms with Crippen molar-refractivity contribution in [2.45, 2.75) is 6.30 Å². The van der Waals surface area contributed by atoms with Crippen LogP contribution in [0.25, 0.3) is 0 Å². The van der Waals surface area contributed by atoms with E-state index in [1.54, 1.807) is 6.20 Å². The molecule has 0 aromatic rings. The van der Waals surface area contributed by atoms with Crippen LogP contribution in [0.1, 0.15) is 0 Å². The fourth-order valence-electron chi connectivity index (χ4n) is 0.825. The molecular weight excluding hydrogens is 185 g/mol. The van der Waals surface area contributed by atoms with Crippen LogP contribution in [-0.2, 0) is 4.79 Å². The molecule has 1 rings (SSSR count). The van der Waals surface area contributed by atoms with E-state index in [-0.39, 0.29) is 12.1 Å². The Morgan fingerprint density at radius 3 is 2.69 bits per heavy atom. The van der Waals surface area contributed by atoms with E-state index in [0.29, 0.717) is 0 Å².